The second-order valence-corrected chi connectivity index (χ2v) is 5.25. The fourth-order valence-corrected chi connectivity index (χ4v) is 2.46. The first kappa shape index (κ1) is 15.0. The molecule has 5 heteroatoms. The number of hydrogen-bond acceptors (Lipinski definition) is 3. The van der Waals surface area contributed by atoms with E-state index in [2.05, 4.69) is 15.5 Å². The van der Waals surface area contributed by atoms with E-state index in [-0.39, 0.29) is 18.4 Å². The lowest BCUT2D eigenvalue weighted by Crippen LogP contribution is -2.27. The average Bonchev–Trinajstić information content (AvgIpc) is 3.12. The SMILES string of the molecule is NC[C@@H](C(=O)Nc1ccc(-c2cn[nH]c2)cc1)c1ccccc1. The van der Waals surface area contributed by atoms with Crippen molar-refractivity contribution in [3.63, 3.8) is 0 Å². The molecule has 4 N–H and O–H groups in total. The lowest BCUT2D eigenvalue weighted by Gasteiger charge is -2.15. The summed E-state index contributed by atoms with van der Waals surface area (Å²) in [5.74, 6) is -0.459. The molecule has 0 saturated heterocycles. The molecular weight excluding hydrogens is 288 g/mol. The number of nitrogens with two attached hydrogens (primary N) is 1. The molecule has 0 radical (unpaired) electrons. The summed E-state index contributed by atoms with van der Waals surface area (Å²) < 4.78 is 0. The van der Waals surface area contributed by atoms with E-state index in [0.29, 0.717) is 0 Å². The highest BCUT2D eigenvalue weighted by atomic mass is 16.1. The van der Waals surface area contributed by atoms with Crippen molar-refractivity contribution in [3.8, 4) is 11.1 Å². The smallest absolute Gasteiger partial charge is 0.233 e. The van der Waals surface area contributed by atoms with E-state index >= 15 is 0 Å². The minimum absolute atomic E-state index is 0.102. The lowest BCUT2D eigenvalue weighted by atomic mass is 9.98. The highest BCUT2D eigenvalue weighted by Crippen LogP contribution is 2.21. The molecule has 1 amide bonds. The Bertz CT molecular complexity index is 751. The normalized spacial score (nSPS) is 11.9. The molecular formula is C18H18N4O. The van der Waals surface area contributed by atoms with Crippen LogP contribution in [0.1, 0.15) is 11.5 Å². The van der Waals surface area contributed by atoms with Crippen molar-refractivity contribution in [2.75, 3.05) is 11.9 Å². The Balaban J connectivity index is 1.72. The zero-order chi connectivity index (χ0) is 16.1. The van der Waals surface area contributed by atoms with Crippen LogP contribution in [0.4, 0.5) is 5.69 Å². The molecule has 0 spiro atoms. The molecule has 1 atom stereocenters. The van der Waals surface area contributed by atoms with Gasteiger partial charge in [-0.15, -0.1) is 0 Å². The Morgan fingerprint density at radius 3 is 2.43 bits per heavy atom. The molecule has 3 rings (SSSR count). The maximum atomic E-state index is 12.5. The third kappa shape index (κ3) is 3.46. The Morgan fingerprint density at radius 1 is 1.09 bits per heavy atom. The molecule has 1 heterocycles. The molecule has 0 aliphatic carbocycles. The maximum Gasteiger partial charge on any atom is 0.233 e. The van der Waals surface area contributed by atoms with Gasteiger partial charge in [-0.2, -0.15) is 5.10 Å². The molecule has 0 aliphatic heterocycles. The second kappa shape index (κ2) is 6.89. The summed E-state index contributed by atoms with van der Waals surface area (Å²) in [6.45, 7) is 0.267. The van der Waals surface area contributed by atoms with Gasteiger partial charge in [0.05, 0.1) is 12.1 Å². The predicted octanol–water partition coefficient (Wildman–Crippen LogP) is 2.76. The Labute approximate surface area is 134 Å². The number of carbonyl (C=O) groups excluding carboxylic acids is 1. The number of nitrogens with one attached hydrogen (secondary N) is 2. The van der Waals surface area contributed by atoms with Gasteiger partial charge in [-0.3, -0.25) is 9.89 Å². The molecule has 0 saturated carbocycles. The van der Waals surface area contributed by atoms with Gasteiger partial charge in [0, 0.05) is 24.0 Å². The number of carbonyl (C=O) groups is 1. The van der Waals surface area contributed by atoms with Crippen LogP contribution < -0.4 is 11.1 Å². The number of hydrogen-bond donors (Lipinski definition) is 3. The van der Waals surface area contributed by atoms with Gasteiger partial charge in [0.15, 0.2) is 0 Å². The van der Waals surface area contributed by atoms with Crippen molar-refractivity contribution in [3.05, 3.63) is 72.6 Å². The van der Waals surface area contributed by atoms with Crippen molar-refractivity contribution >= 4 is 11.6 Å². The minimum atomic E-state index is -0.357. The first-order valence-corrected chi connectivity index (χ1v) is 7.43. The van der Waals surface area contributed by atoms with Gasteiger partial charge >= 0.3 is 0 Å². The summed E-state index contributed by atoms with van der Waals surface area (Å²) in [7, 11) is 0. The van der Waals surface area contributed by atoms with Crippen LogP contribution in [-0.4, -0.2) is 22.6 Å². The topological polar surface area (TPSA) is 83.8 Å². The Kier molecular flexibility index (Phi) is 4.49. The predicted molar refractivity (Wildman–Crippen MR) is 90.9 cm³/mol. The van der Waals surface area contributed by atoms with E-state index < -0.39 is 0 Å². The quantitative estimate of drug-likeness (QED) is 0.677. The first-order chi connectivity index (χ1) is 11.3. The molecule has 0 fully saturated rings. The Morgan fingerprint density at radius 2 is 1.83 bits per heavy atom. The van der Waals surface area contributed by atoms with Crippen molar-refractivity contribution in [2.24, 2.45) is 5.73 Å². The van der Waals surface area contributed by atoms with Crippen LogP contribution in [0.15, 0.2) is 67.0 Å². The monoisotopic (exact) mass is 306 g/mol. The van der Waals surface area contributed by atoms with Crippen LogP contribution in [-0.2, 0) is 4.79 Å². The standard InChI is InChI=1S/C18H18N4O/c19-10-17(14-4-2-1-3-5-14)18(23)22-16-8-6-13(7-9-16)15-11-20-21-12-15/h1-9,11-12,17H,10,19H2,(H,20,21)(H,22,23)/t17-/m1/s1. The fraction of sp³-hybridized carbons (Fsp3) is 0.111. The molecule has 116 valence electrons. The summed E-state index contributed by atoms with van der Waals surface area (Å²) in [6, 6.07) is 17.2. The number of aromatic amines is 1. The van der Waals surface area contributed by atoms with Gasteiger partial charge in [-0.1, -0.05) is 42.5 Å². The number of rotatable bonds is 5. The number of H-pyrrole nitrogens is 1. The van der Waals surface area contributed by atoms with Crippen LogP contribution in [0.5, 0.6) is 0 Å². The largest absolute Gasteiger partial charge is 0.329 e. The van der Waals surface area contributed by atoms with Crippen LogP contribution in [0.2, 0.25) is 0 Å². The maximum absolute atomic E-state index is 12.5. The van der Waals surface area contributed by atoms with Gasteiger partial charge in [0.2, 0.25) is 5.91 Å². The number of anilines is 1. The van der Waals surface area contributed by atoms with Gasteiger partial charge < -0.3 is 11.1 Å². The number of benzene rings is 2. The third-order valence-corrected chi connectivity index (χ3v) is 3.74. The average molecular weight is 306 g/mol. The van der Waals surface area contributed by atoms with Gasteiger partial charge in [0.1, 0.15) is 0 Å². The van der Waals surface area contributed by atoms with Crippen molar-refractivity contribution in [1.29, 1.82) is 0 Å². The fourth-order valence-electron chi connectivity index (χ4n) is 2.46. The van der Waals surface area contributed by atoms with Crippen molar-refractivity contribution in [2.45, 2.75) is 5.92 Å². The van der Waals surface area contributed by atoms with Gasteiger partial charge in [-0.05, 0) is 23.3 Å². The highest BCUT2D eigenvalue weighted by molar-refractivity contribution is 5.96. The van der Waals surface area contributed by atoms with E-state index in [1.54, 1.807) is 6.20 Å². The Hall–Kier alpha value is -2.92. The highest BCUT2D eigenvalue weighted by Gasteiger charge is 2.18. The van der Waals surface area contributed by atoms with Crippen LogP contribution in [0.25, 0.3) is 11.1 Å². The number of aromatic nitrogens is 2. The zero-order valence-corrected chi connectivity index (χ0v) is 12.6. The van der Waals surface area contributed by atoms with E-state index in [9.17, 15) is 4.79 Å². The van der Waals surface area contributed by atoms with Crippen molar-refractivity contribution < 1.29 is 4.79 Å². The molecule has 3 aromatic rings. The summed E-state index contributed by atoms with van der Waals surface area (Å²) in [5.41, 5.74) is 9.49. The van der Waals surface area contributed by atoms with E-state index in [1.807, 2.05) is 60.8 Å². The molecule has 2 aromatic carbocycles. The summed E-state index contributed by atoms with van der Waals surface area (Å²) in [6.07, 6.45) is 3.58. The summed E-state index contributed by atoms with van der Waals surface area (Å²) >= 11 is 0. The van der Waals surface area contributed by atoms with Crippen LogP contribution >= 0.6 is 0 Å². The second-order valence-electron chi connectivity index (χ2n) is 5.25. The van der Waals surface area contributed by atoms with Crippen molar-refractivity contribution in [1.82, 2.24) is 10.2 Å². The third-order valence-electron chi connectivity index (χ3n) is 3.74. The summed E-state index contributed by atoms with van der Waals surface area (Å²) in [4.78, 5) is 12.5. The van der Waals surface area contributed by atoms with Crippen LogP contribution in [0, 0.1) is 0 Å². The molecule has 1 aromatic heterocycles. The number of nitrogens with zero attached hydrogens (tertiary/aromatic N) is 1. The summed E-state index contributed by atoms with van der Waals surface area (Å²) in [5, 5.41) is 9.63. The molecule has 0 bridgehead atoms. The number of amides is 1. The minimum Gasteiger partial charge on any atom is -0.329 e. The molecule has 0 unspecified atom stereocenters. The first-order valence-electron chi connectivity index (χ1n) is 7.43. The van der Waals surface area contributed by atoms with Crippen LogP contribution in [0.3, 0.4) is 0 Å². The molecule has 0 aliphatic rings. The lowest BCUT2D eigenvalue weighted by molar-refractivity contribution is -0.117. The van der Waals surface area contributed by atoms with E-state index in [0.717, 1.165) is 22.4 Å². The van der Waals surface area contributed by atoms with E-state index in [4.69, 9.17) is 5.73 Å². The zero-order valence-electron chi connectivity index (χ0n) is 12.6. The van der Waals surface area contributed by atoms with E-state index in [1.165, 1.54) is 0 Å². The van der Waals surface area contributed by atoms with Gasteiger partial charge in [0.25, 0.3) is 0 Å². The van der Waals surface area contributed by atoms with Gasteiger partial charge in [-0.25, -0.2) is 0 Å². The molecule has 23 heavy (non-hydrogen) atoms. The molecule has 5 nitrogen and oxygen atoms in total.